The molecule has 0 spiro atoms. The molecule has 4 rings (SSSR count). The van der Waals surface area contributed by atoms with Gasteiger partial charge in [-0.15, -0.1) is 0 Å². The molecule has 2 heterocycles. The Bertz CT molecular complexity index is 966. The molecule has 0 unspecified atom stereocenters. The number of hydrogen-bond donors (Lipinski definition) is 0. The van der Waals surface area contributed by atoms with E-state index in [1.165, 1.54) is 11.3 Å². The van der Waals surface area contributed by atoms with E-state index in [0.717, 1.165) is 20.7 Å². The molecule has 0 bridgehead atoms. The van der Waals surface area contributed by atoms with Crippen molar-refractivity contribution in [1.29, 1.82) is 0 Å². The van der Waals surface area contributed by atoms with E-state index in [1.54, 1.807) is 4.90 Å². The number of likely N-dealkylation sites (tertiary alicyclic amines) is 1. The molecule has 1 aliphatic rings. The van der Waals surface area contributed by atoms with Gasteiger partial charge in [0.15, 0.2) is 5.13 Å². The van der Waals surface area contributed by atoms with Gasteiger partial charge in [0.2, 0.25) is 17.7 Å². The lowest BCUT2D eigenvalue weighted by atomic mass is 10.2. The number of anilines is 1. The molecule has 3 amide bonds. The Morgan fingerprint density at radius 1 is 1.00 bits per heavy atom. The first kappa shape index (κ1) is 17.4. The Labute approximate surface area is 160 Å². The lowest BCUT2D eigenvalue weighted by Crippen LogP contribution is -2.42. The van der Waals surface area contributed by atoms with Crippen LogP contribution in [0.25, 0.3) is 10.2 Å². The molecule has 2 aromatic carbocycles. The van der Waals surface area contributed by atoms with Gasteiger partial charge in [-0.1, -0.05) is 53.8 Å². The molecule has 0 N–H and O–H groups in total. The minimum Gasteiger partial charge on any atom is -0.282 e. The summed E-state index contributed by atoms with van der Waals surface area (Å²) in [4.78, 5) is 44.0. The second-order valence-electron chi connectivity index (χ2n) is 6.30. The molecule has 0 saturated carbocycles. The number of carbonyl (C=O) groups excluding carboxylic acids is 3. The van der Waals surface area contributed by atoms with Gasteiger partial charge in [-0.05, 0) is 17.7 Å². The van der Waals surface area contributed by atoms with Crippen molar-refractivity contribution < 1.29 is 14.4 Å². The van der Waals surface area contributed by atoms with Gasteiger partial charge in [0.25, 0.3) is 0 Å². The standard InChI is InChI=1S/C20H17N3O3S/c24-17-10-11-18(25)22(17)13-19(26)23(12-14-6-2-1-3-7-14)20-21-15-8-4-5-9-16(15)27-20/h1-9H,10-13H2. The van der Waals surface area contributed by atoms with Crippen molar-refractivity contribution in [3.05, 3.63) is 60.2 Å². The average Bonchev–Trinajstić information content (AvgIpc) is 3.25. The van der Waals surface area contributed by atoms with Crippen LogP contribution in [0.15, 0.2) is 54.6 Å². The molecule has 27 heavy (non-hydrogen) atoms. The number of imide groups is 1. The number of para-hydroxylation sites is 1. The number of carbonyl (C=O) groups is 3. The maximum atomic E-state index is 13.0. The summed E-state index contributed by atoms with van der Waals surface area (Å²) < 4.78 is 0.978. The number of benzene rings is 2. The van der Waals surface area contributed by atoms with E-state index >= 15 is 0 Å². The topological polar surface area (TPSA) is 70.6 Å². The Kier molecular flexibility index (Phi) is 4.68. The van der Waals surface area contributed by atoms with Crippen LogP contribution in [0.5, 0.6) is 0 Å². The fraction of sp³-hybridized carbons (Fsp3) is 0.200. The van der Waals surface area contributed by atoms with Gasteiger partial charge in [0.05, 0.1) is 16.8 Å². The lowest BCUT2D eigenvalue weighted by molar-refractivity contribution is -0.141. The van der Waals surface area contributed by atoms with E-state index in [9.17, 15) is 14.4 Å². The first-order valence-electron chi connectivity index (χ1n) is 8.65. The number of amides is 3. The van der Waals surface area contributed by atoms with Crippen LogP contribution in [0.4, 0.5) is 5.13 Å². The van der Waals surface area contributed by atoms with Crippen LogP contribution >= 0.6 is 11.3 Å². The summed E-state index contributed by atoms with van der Waals surface area (Å²) in [7, 11) is 0. The van der Waals surface area contributed by atoms with Crippen molar-refractivity contribution in [1.82, 2.24) is 9.88 Å². The van der Waals surface area contributed by atoms with Crippen LogP contribution in [0.1, 0.15) is 18.4 Å². The monoisotopic (exact) mass is 379 g/mol. The van der Waals surface area contributed by atoms with Crippen molar-refractivity contribution in [3.8, 4) is 0 Å². The molecule has 0 aliphatic carbocycles. The summed E-state index contributed by atoms with van der Waals surface area (Å²) in [6.45, 7) is 0.0795. The van der Waals surface area contributed by atoms with E-state index < -0.39 is 0 Å². The minimum absolute atomic E-state index is 0.173. The SMILES string of the molecule is O=C1CCC(=O)N1CC(=O)N(Cc1ccccc1)c1nc2ccccc2s1. The number of rotatable bonds is 5. The zero-order chi connectivity index (χ0) is 18.8. The minimum atomic E-state index is -0.318. The molecule has 7 heteroatoms. The Hall–Kier alpha value is -3.06. The van der Waals surface area contributed by atoms with Crippen LogP contribution in [-0.2, 0) is 20.9 Å². The van der Waals surface area contributed by atoms with E-state index in [0.29, 0.717) is 11.7 Å². The predicted molar refractivity (Wildman–Crippen MR) is 103 cm³/mol. The third-order valence-electron chi connectivity index (χ3n) is 4.45. The lowest BCUT2D eigenvalue weighted by Gasteiger charge is -2.22. The molecule has 136 valence electrons. The summed E-state index contributed by atoms with van der Waals surface area (Å²) >= 11 is 1.42. The zero-order valence-electron chi connectivity index (χ0n) is 14.5. The summed E-state index contributed by atoms with van der Waals surface area (Å²) in [5.74, 6) is -0.906. The largest absolute Gasteiger partial charge is 0.282 e. The van der Waals surface area contributed by atoms with Crippen molar-refractivity contribution >= 4 is 44.4 Å². The molecule has 0 atom stereocenters. The van der Waals surface area contributed by atoms with Gasteiger partial charge in [-0.3, -0.25) is 24.2 Å². The molecule has 6 nitrogen and oxygen atoms in total. The van der Waals surface area contributed by atoms with Gasteiger partial charge in [0, 0.05) is 12.8 Å². The third kappa shape index (κ3) is 3.59. The molecule has 1 saturated heterocycles. The molecular formula is C20H17N3O3S. The zero-order valence-corrected chi connectivity index (χ0v) is 15.3. The van der Waals surface area contributed by atoms with Crippen LogP contribution in [0, 0.1) is 0 Å². The molecular weight excluding hydrogens is 362 g/mol. The van der Waals surface area contributed by atoms with Gasteiger partial charge in [-0.2, -0.15) is 0 Å². The van der Waals surface area contributed by atoms with Crippen LogP contribution in [-0.4, -0.2) is 34.2 Å². The highest BCUT2D eigenvalue weighted by Crippen LogP contribution is 2.30. The fourth-order valence-corrected chi connectivity index (χ4v) is 4.01. The fourth-order valence-electron chi connectivity index (χ4n) is 3.02. The molecule has 3 aromatic rings. The smallest absolute Gasteiger partial charge is 0.249 e. The summed E-state index contributed by atoms with van der Waals surface area (Å²) in [5.41, 5.74) is 1.76. The third-order valence-corrected chi connectivity index (χ3v) is 5.51. The average molecular weight is 379 g/mol. The van der Waals surface area contributed by atoms with E-state index in [-0.39, 0.29) is 37.1 Å². The van der Waals surface area contributed by atoms with Crippen LogP contribution in [0.2, 0.25) is 0 Å². The Balaban J connectivity index is 1.65. The highest BCUT2D eigenvalue weighted by Gasteiger charge is 2.32. The van der Waals surface area contributed by atoms with Gasteiger partial charge >= 0.3 is 0 Å². The van der Waals surface area contributed by atoms with Gasteiger partial charge < -0.3 is 0 Å². The van der Waals surface area contributed by atoms with Crippen molar-refractivity contribution in [2.24, 2.45) is 0 Å². The second kappa shape index (κ2) is 7.28. The van der Waals surface area contributed by atoms with E-state index in [1.807, 2.05) is 54.6 Å². The van der Waals surface area contributed by atoms with Crippen molar-refractivity contribution in [2.45, 2.75) is 19.4 Å². The molecule has 1 aromatic heterocycles. The number of aromatic nitrogens is 1. The highest BCUT2D eigenvalue weighted by molar-refractivity contribution is 7.22. The Morgan fingerprint density at radius 2 is 1.67 bits per heavy atom. The number of thiazole rings is 1. The van der Waals surface area contributed by atoms with Crippen molar-refractivity contribution in [3.63, 3.8) is 0 Å². The molecule has 1 aliphatic heterocycles. The first-order valence-corrected chi connectivity index (χ1v) is 9.46. The van der Waals surface area contributed by atoms with E-state index in [4.69, 9.17) is 0 Å². The second-order valence-corrected chi connectivity index (χ2v) is 7.31. The molecule has 1 fully saturated rings. The van der Waals surface area contributed by atoms with Gasteiger partial charge in [-0.25, -0.2) is 4.98 Å². The normalized spacial score (nSPS) is 14.1. The predicted octanol–water partition coefficient (Wildman–Crippen LogP) is 2.98. The maximum absolute atomic E-state index is 13.0. The van der Waals surface area contributed by atoms with Crippen LogP contribution < -0.4 is 4.90 Å². The maximum Gasteiger partial charge on any atom is 0.249 e. The highest BCUT2D eigenvalue weighted by atomic mass is 32.1. The summed E-state index contributed by atoms with van der Waals surface area (Å²) in [5, 5.41) is 0.559. The Morgan fingerprint density at radius 3 is 2.37 bits per heavy atom. The first-order chi connectivity index (χ1) is 13.1. The number of nitrogens with zero attached hydrogens (tertiary/aromatic N) is 3. The summed E-state index contributed by atoms with van der Waals surface area (Å²) in [6, 6.07) is 17.3. The number of fused-ring (bicyclic) bond motifs is 1. The quantitative estimate of drug-likeness (QED) is 0.639. The van der Waals surface area contributed by atoms with E-state index in [2.05, 4.69) is 4.98 Å². The summed E-state index contributed by atoms with van der Waals surface area (Å²) in [6.07, 6.45) is 0.345. The number of hydrogen-bond acceptors (Lipinski definition) is 5. The molecule has 0 radical (unpaired) electrons. The van der Waals surface area contributed by atoms with Gasteiger partial charge in [0.1, 0.15) is 6.54 Å². The van der Waals surface area contributed by atoms with Crippen LogP contribution in [0.3, 0.4) is 0 Å². The van der Waals surface area contributed by atoms with Crippen molar-refractivity contribution in [2.75, 3.05) is 11.4 Å².